The molecule has 0 heterocycles. The van der Waals surface area contributed by atoms with Crippen molar-refractivity contribution >= 4 is 33.3 Å². The lowest BCUT2D eigenvalue weighted by atomic mass is 10.3. The van der Waals surface area contributed by atoms with Gasteiger partial charge in [0.1, 0.15) is 4.90 Å². The highest BCUT2D eigenvalue weighted by molar-refractivity contribution is 7.90. The van der Waals surface area contributed by atoms with Crippen LogP contribution in [0.2, 0.25) is 5.02 Å². The number of nitrogens with one attached hydrogen (secondary N) is 2. The second-order valence-corrected chi connectivity index (χ2v) is 5.55. The van der Waals surface area contributed by atoms with Crippen LogP contribution in [0, 0.1) is 0 Å². The summed E-state index contributed by atoms with van der Waals surface area (Å²) in [6.07, 6.45) is 0.696. The van der Waals surface area contributed by atoms with Crippen molar-refractivity contribution in [1.82, 2.24) is 10.0 Å². The molecule has 18 heavy (non-hydrogen) atoms. The van der Waals surface area contributed by atoms with E-state index in [0.717, 1.165) is 0 Å². The van der Waals surface area contributed by atoms with Gasteiger partial charge in [-0.3, -0.25) is 0 Å². The second kappa shape index (κ2) is 5.92. The maximum Gasteiger partial charge on any atom is 0.328 e. The van der Waals surface area contributed by atoms with Crippen LogP contribution in [0.5, 0.6) is 0 Å². The van der Waals surface area contributed by atoms with Crippen LogP contribution in [0.3, 0.4) is 0 Å². The molecular formula is C10H14ClN3O3S. The van der Waals surface area contributed by atoms with E-state index in [1.54, 1.807) is 0 Å². The number of halogens is 1. The van der Waals surface area contributed by atoms with Gasteiger partial charge in [0.25, 0.3) is 10.0 Å². The van der Waals surface area contributed by atoms with E-state index in [2.05, 4.69) is 5.32 Å². The van der Waals surface area contributed by atoms with E-state index in [4.69, 9.17) is 17.3 Å². The minimum absolute atomic E-state index is 0.0155. The third kappa shape index (κ3) is 3.51. The monoisotopic (exact) mass is 291 g/mol. The fourth-order valence-electron chi connectivity index (χ4n) is 1.26. The molecule has 4 N–H and O–H groups in total. The zero-order valence-electron chi connectivity index (χ0n) is 9.73. The molecule has 0 unspecified atom stereocenters. The van der Waals surface area contributed by atoms with Gasteiger partial charge in [-0.05, 0) is 18.6 Å². The maximum absolute atomic E-state index is 11.9. The Kier molecular flexibility index (Phi) is 4.80. The molecule has 2 amide bonds. The van der Waals surface area contributed by atoms with E-state index in [9.17, 15) is 13.2 Å². The summed E-state index contributed by atoms with van der Waals surface area (Å²) in [4.78, 5) is 11.0. The Morgan fingerprint density at radius 2 is 2.11 bits per heavy atom. The number of nitrogen functional groups attached to an aromatic ring is 1. The van der Waals surface area contributed by atoms with Crippen LogP contribution in [-0.4, -0.2) is 21.0 Å². The van der Waals surface area contributed by atoms with Crippen LogP contribution >= 0.6 is 11.6 Å². The third-order valence-electron chi connectivity index (χ3n) is 2.03. The molecule has 0 saturated carbocycles. The topological polar surface area (TPSA) is 101 Å². The zero-order chi connectivity index (χ0) is 13.8. The van der Waals surface area contributed by atoms with Crippen molar-refractivity contribution in [2.45, 2.75) is 18.2 Å². The predicted molar refractivity (Wildman–Crippen MR) is 69.9 cm³/mol. The molecule has 0 saturated heterocycles. The number of amides is 2. The van der Waals surface area contributed by atoms with E-state index in [-0.39, 0.29) is 15.6 Å². The van der Waals surface area contributed by atoms with Crippen molar-refractivity contribution in [3.8, 4) is 0 Å². The van der Waals surface area contributed by atoms with Gasteiger partial charge in [0.05, 0.1) is 10.7 Å². The molecule has 0 spiro atoms. The molecule has 1 aromatic carbocycles. The number of sulfonamides is 1. The summed E-state index contributed by atoms with van der Waals surface area (Å²) in [5.41, 5.74) is 5.53. The molecular weight excluding hydrogens is 278 g/mol. The molecule has 1 aromatic rings. The summed E-state index contributed by atoms with van der Waals surface area (Å²) in [6.45, 7) is 2.22. The number of carbonyl (C=O) groups excluding carboxylic acids is 1. The molecule has 0 radical (unpaired) electrons. The first-order valence-corrected chi connectivity index (χ1v) is 7.09. The molecule has 0 bridgehead atoms. The Balaban J connectivity index is 2.97. The maximum atomic E-state index is 11.9. The number of nitrogens with two attached hydrogens (primary N) is 1. The minimum atomic E-state index is -4.07. The average Bonchev–Trinajstić information content (AvgIpc) is 2.25. The quantitative estimate of drug-likeness (QED) is 0.728. The van der Waals surface area contributed by atoms with E-state index in [1.807, 2.05) is 11.6 Å². The van der Waals surface area contributed by atoms with Gasteiger partial charge in [-0.25, -0.2) is 17.9 Å². The lowest BCUT2D eigenvalue weighted by Gasteiger charge is -2.11. The van der Waals surface area contributed by atoms with E-state index in [1.165, 1.54) is 18.2 Å². The van der Waals surface area contributed by atoms with Gasteiger partial charge >= 0.3 is 6.03 Å². The molecule has 0 aliphatic heterocycles. The van der Waals surface area contributed by atoms with E-state index >= 15 is 0 Å². The van der Waals surface area contributed by atoms with Gasteiger partial charge in [0.2, 0.25) is 0 Å². The molecule has 6 nitrogen and oxygen atoms in total. The van der Waals surface area contributed by atoms with Crippen LogP contribution in [-0.2, 0) is 10.0 Å². The normalized spacial score (nSPS) is 11.0. The Morgan fingerprint density at radius 3 is 2.67 bits per heavy atom. The van der Waals surface area contributed by atoms with Crippen molar-refractivity contribution in [1.29, 1.82) is 0 Å². The van der Waals surface area contributed by atoms with Crippen LogP contribution in [0.1, 0.15) is 13.3 Å². The molecule has 0 aliphatic rings. The first kappa shape index (κ1) is 14.6. The Bertz CT molecular complexity index is 525. The number of carbonyl (C=O) groups is 1. The number of hydrogen-bond donors (Lipinski definition) is 3. The standard InChI is InChI=1S/C10H14ClN3O3S/c1-2-6-13-10(15)14-18(16,17)9-7(11)4-3-5-8(9)12/h3-5H,2,6,12H2,1H3,(H2,13,14,15). The molecule has 0 atom stereocenters. The van der Waals surface area contributed by atoms with Crippen molar-refractivity contribution in [3.05, 3.63) is 23.2 Å². The summed E-state index contributed by atoms with van der Waals surface area (Å²) in [5.74, 6) is 0. The van der Waals surface area contributed by atoms with Gasteiger partial charge in [0, 0.05) is 6.54 Å². The third-order valence-corrected chi connectivity index (χ3v) is 3.90. The highest BCUT2D eigenvalue weighted by Gasteiger charge is 2.23. The van der Waals surface area contributed by atoms with Gasteiger partial charge in [-0.2, -0.15) is 0 Å². The zero-order valence-corrected chi connectivity index (χ0v) is 11.3. The lowest BCUT2D eigenvalue weighted by Crippen LogP contribution is -2.39. The van der Waals surface area contributed by atoms with Crippen LogP contribution in [0.25, 0.3) is 0 Å². The largest absolute Gasteiger partial charge is 0.398 e. The van der Waals surface area contributed by atoms with Crippen LogP contribution in [0.15, 0.2) is 23.1 Å². The van der Waals surface area contributed by atoms with Crippen molar-refractivity contribution in [2.24, 2.45) is 0 Å². The van der Waals surface area contributed by atoms with Crippen LogP contribution < -0.4 is 15.8 Å². The minimum Gasteiger partial charge on any atom is -0.398 e. The highest BCUT2D eigenvalue weighted by Crippen LogP contribution is 2.26. The first-order chi connectivity index (χ1) is 8.38. The summed E-state index contributed by atoms with van der Waals surface area (Å²) < 4.78 is 25.7. The summed E-state index contributed by atoms with van der Waals surface area (Å²) >= 11 is 5.77. The fourth-order valence-corrected chi connectivity index (χ4v) is 2.86. The molecule has 0 aromatic heterocycles. The average molecular weight is 292 g/mol. The lowest BCUT2D eigenvalue weighted by molar-refractivity contribution is 0.246. The molecule has 100 valence electrons. The number of rotatable bonds is 4. The number of benzene rings is 1. The fraction of sp³-hybridized carbons (Fsp3) is 0.300. The first-order valence-electron chi connectivity index (χ1n) is 5.23. The van der Waals surface area contributed by atoms with E-state index in [0.29, 0.717) is 13.0 Å². The smallest absolute Gasteiger partial charge is 0.328 e. The molecule has 8 heteroatoms. The van der Waals surface area contributed by atoms with Gasteiger partial charge < -0.3 is 11.1 Å². The molecule has 0 aliphatic carbocycles. The summed E-state index contributed by atoms with van der Waals surface area (Å²) in [5, 5.41) is 2.35. The number of anilines is 1. The Morgan fingerprint density at radius 1 is 1.44 bits per heavy atom. The number of hydrogen-bond acceptors (Lipinski definition) is 4. The molecule has 0 fully saturated rings. The van der Waals surface area contributed by atoms with Gasteiger partial charge in [-0.15, -0.1) is 0 Å². The van der Waals surface area contributed by atoms with Gasteiger partial charge in [-0.1, -0.05) is 24.6 Å². The van der Waals surface area contributed by atoms with Gasteiger partial charge in [0.15, 0.2) is 0 Å². The van der Waals surface area contributed by atoms with Crippen molar-refractivity contribution in [3.63, 3.8) is 0 Å². The Labute approximate surface area is 111 Å². The van der Waals surface area contributed by atoms with Crippen molar-refractivity contribution in [2.75, 3.05) is 12.3 Å². The number of urea groups is 1. The molecule has 1 rings (SSSR count). The van der Waals surface area contributed by atoms with E-state index < -0.39 is 16.1 Å². The SMILES string of the molecule is CCCNC(=O)NS(=O)(=O)c1c(N)cccc1Cl. The van der Waals surface area contributed by atoms with Crippen molar-refractivity contribution < 1.29 is 13.2 Å². The highest BCUT2D eigenvalue weighted by atomic mass is 35.5. The predicted octanol–water partition coefficient (Wildman–Crippen LogP) is 1.32. The summed E-state index contributed by atoms with van der Waals surface area (Å²) in [6, 6.07) is 3.49. The van der Waals surface area contributed by atoms with Crippen LogP contribution in [0.4, 0.5) is 10.5 Å². The Hall–Kier alpha value is -1.47. The second-order valence-electron chi connectivity index (χ2n) is 3.52. The summed E-state index contributed by atoms with van der Waals surface area (Å²) in [7, 11) is -4.07.